The van der Waals surface area contributed by atoms with Gasteiger partial charge < -0.3 is 9.80 Å². The van der Waals surface area contributed by atoms with E-state index >= 15 is 0 Å². The molecule has 0 radical (unpaired) electrons. The Balaban J connectivity index is 1.29. The minimum absolute atomic E-state index is 0.0873. The summed E-state index contributed by atoms with van der Waals surface area (Å²) in [7, 11) is -3.79. The molecular weight excluding hydrogens is 510 g/mol. The number of piperidine rings is 1. The van der Waals surface area contributed by atoms with E-state index in [9.17, 15) is 13.2 Å². The number of rotatable bonds is 6. The van der Waals surface area contributed by atoms with Gasteiger partial charge in [0.1, 0.15) is 0 Å². The first-order valence-corrected chi connectivity index (χ1v) is 15.1. The number of benzene rings is 1. The van der Waals surface area contributed by atoms with Gasteiger partial charge in [0.15, 0.2) is 5.15 Å². The second-order valence-electron chi connectivity index (χ2n) is 10.8. The topological polar surface area (TPSA) is 94.6 Å². The Hall–Kier alpha value is -2.20. The average molecular weight is 546 g/mol. The molecule has 1 saturated carbocycles. The Morgan fingerprint density at radius 2 is 1.84 bits per heavy atom. The maximum Gasteiger partial charge on any atom is 0.261 e. The van der Waals surface area contributed by atoms with Crippen molar-refractivity contribution >= 4 is 33.2 Å². The predicted molar refractivity (Wildman–Crippen MR) is 145 cm³/mol. The Kier molecular flexibility index (Phi) is 7.77. The quantitative estimate of drug-likeness (QED) is 0.532. The molecule has 200 valence electrons. The number of anilines is 1. The summed E-state index contributed by atoms with van der Waals surface area (Å²) in [5.41, 5.74) is 1.17. The van der Waals surface area contributed by atoms with E-state index in [0.717, 1.165) is 44.3 Å². The molecule has 0 spiro atoms. The highest BCUT2D eigenvalue weighted by molar-refractivity contribution is 7.92. The number of halogens is 1. The van der Waals surface area contributed by atoms with Gasteiger partial charge in [-0.25, -0.2) is 13.4 Å². The smallest absolute Gasteiger partial charge is 0.261 e. The van der Waals surface area contributed by atoms with Crippen LogP contribution in [0.15, 0.2) is 47.5 Å². The molecule has 5 rings (SSSR count). The van der Waals surface area contributed by atoms with Crippen molar-refractivity contribution in [3.05, 3.63) is 53.3 Å². The van der Waals surface area contributed by atoms with Crippen LogP contribution in [0.2, 0.25) is 5.15 Å². The highest BCUT2D eigenvalue weighted by Gasteiger charge is 2.43. The van der Waals surface area contributed by atoms with Gasteiger partial charge in [0.25, 0.3) is 10.0 Å². The van der Waals surface area contributed by atoms with Crippen molar-refractivity contribution in [1.29, 1.82) is 0 Å². The number of nitrogens with zero attached hydrogens (tertiary/aromatic N) is 3. The molecule has 37 heavy (non-hydrogen) atoms. The molecule has 3 fully saturated rings. The van der Waals surface area contributed by atoms with E-state index < -0.39 is 10.0 Å². The molecule has 1 aromatic carbocycles. The zero-order valence-electron chi connectivity index (χ0n) is 21.4. The van der Waals surface area contributed by atoms with Gasteiger partial charge in [0.2, 0.25) is 5.91 Å². The SMILES string of the molecule is CC(C)N1CCC(N2CNC3CCC(c4cnc(Cl)c(NS(=O)(=O)c5ccccc5)c4)CC3C2=O)CC1. The monoisotopic (exact) mass is 545 g/mol. The van der Waals surface area contributed by atoms with E-state index in [1.54, 1.807) is 30.5 Å². The number of hydrogen-bond acceptors (Lipinski definition) is 6. The van der Waals surface area contributed by atoms with Crippen molar-refractivity contribution in [2.24, 2.45) is 5.92 Å². The zero-order valence-corrected chi connectivity index (χ0v) is 23.0. The summed E-state index contributed by atoms with van der Waals surface area (Å²) in [4.78, 5) is 22.7. The Morgan fingerprint density at radius 1 is 1.11 bits per heavy atom. The number of carbonyl (C=O) groups is 1. The van der Waals surface area contributed by atoms with Crippen LogP contribution < -0.4 is 10.0 Å². The van der Waals surface area contributed by atoms with Crippen LogP contribution in [0, 0.1) is 5.92 Å². The fourth-order valence-corrected chi connectivity index (χ4v) is 7.37. The van der Waals surface area contributed by atoms with Crippen LogP contribution in [0.4, 0.5) is 5.69 Å². The van der Waals surface area contributed by atoms with Gasteiger partial charge in [-0.15, -0.1) is 0 Å². The fraction of sp³-hybridized carbons (Fsp3) is 0.556. The van der Waals surface area contributed by atoms with Gasteiger partial charge in [-0.2, -0.15) is 0 Å². The maximum atomic E-state index is 13.7. The summed E-state index contributed by atoms with van der Waals surface area (Å²) >= 11 is 6.29. The van der Waals surface area contributed by atoms with Gasteiger partial charge in [-0.05, 0) is 75.6 Å². The van der Waals surface area contributed by atoms with E-state index in [-0.39, 0.29) is 45.6 Å². The molecule has 2 saturated heterocycles. The third-order valence-electron chi connectivity index (χ3n) is 8.27. The summed E-state index contributed by atoms with van der Waals surface area (Å²) in [6.45, 7) is 7.14. The molecule has 2 aliphatic heterocycles. The van der Waals surface area contributed by atoms with E-state index in [2.05, 4.69) is 38.7 Å². The summed E-state index contributed by atoms with van der Waals surface area (Å²) in [6, 6.07) is 11.0. The number of amides is 1. The largest absolute Gasteiger partial charge is 0.327 e. The summed E-state index contributed by atoms with van der Waals surface area (Å²) in [5, 5.41) is 3.74. The van der Waals surface area contributed by atoms with Gasteiger partial charge >= 0.3 is 0 Å². The van der Waals surface area contributed by atoms with Crippen molar-refractivity contribution in [3.8, 4) is 0 Å². The molecule has 1 aliphatic carbocycles. The van der Waals surface area contributed by atoms with Crippen LogP contribution in [-0.4, -0.2) is 67.0 Å². The molecule has 1 amide bonds. The molecule has 3 atom stereocenters. The lowest BCUT2D eigenvalue weighted by Gasteiger charge is -2.48. The zero-order chi connectivity index (χ0) is 26.2. The van der Waals surface area contributed by atoms with E-state index in [1.807, 2.05) is 0 Å². The highest BCUT2D eigenvalue weighted by Crippen LogP contribution is 2.40. The number of nitrogens with one attached hydrogen (secondary N) is 2. The first-order chi connectivity index (χ1) is 17.7. The predicted octanol–water partition coefficient (Wildman–Crippen LogP) is 4.05. The standard InChI is InChI=1S/C27H36ClN5O3S/c1-18(2)32-12-10-21(11-13-32)33-17-30-24-9-8-19(14-23(24)27(33)34)20-15-25(26(28)29-16-20)31-37(35,36)22-6-4-3-5-7-22/h3-7,15-16,18-19,21,23-24,30-31H,8-14,17H2,1-2H3. The van der Waals surface area contributed by atoms with Crippen molar-refractivity contribution in [2.75, 3.05) is 24.5 Å². The van der Waals surface area contributed by atoms with Gasteiger partial charge in [0, 0.05) is 37.4 Å². The minimum Gasteiger partial charge on any atom is -0.327 e. The molecule has 3 heterocycles. The van der Waals surface area contributed by atoms with Gasteiger partial charge in [0.05, 0.1) is 23.2 Å². The van der Waals surface area contributed by atoms with E-state index in [4.69, 9.17) is 11.6 Å². The first kappa shape index (κ1) is 26.4. The Bertz CT molecular complexity index is 1220. The average Bonchev–Trinajstić information content (AvgIpc) is 2.90. The summed E-state index contributed by atoms with van der Waals surface area (Å²) in [6.07, 6.45) is 6.26. The lowest BCUT2D eigenvalue weighted by atomic mass is 9.74. The third kappa shape index (κ3) is 5.65. The minimum atomic E-state index is -3.79. The fourth-order valence-electron chi connectivity index (χ4n) is 6.08. The molecular formula is C27H36ClN5O3S. The number of hydrogen-bond donors (Lipinski definition) is 2. The Morgan fingerprint density at radius 3 is 2.54 bits per heavy atom. The number of likely N-dealkylation sites (tertiary alicyclic amines) is 1. The molecule has 3 aliphatic rings. The number of pyridine rings is 1. The molecule has 3 unspecified atom stereocenters. The molecule has 1 aromatic heterocycles. The van der Waals surface area contributed by atoms with Crippen LogP contribution in [0.25, 0.3) is 0 Å². The molecule has 0 bridgehead atoms. The Labute approximate surface area is 224 Å². The summed E-state index contributed by atoms with van der Waals surface area (Å²) < 4.78 is 28.3. The number of carbonyl (C=O) groups excluding carboxylic acids is 1. The number of aromatic nitrogens is 1. The molecule has 2 N–H and O–H groups in total. The van der Waals surface area contributed by atoms with E-state index in [1.165, 1.54) is 12.1 Å². The molecule has 10 heteroatoms. The lowest BCUT2D eigenvalue weighted by molar-refractivity contribution is -0.146. The van der Waals surface area contributed by atoms with Gasteiger partial charge in [-0.3, -0.25) is 14.8 Å². The van der Waals surface area contributed by atoms with Crippen LogP contribution >= 0.6 is 11.6 Å². The van der Waals surface area contributed by atoms with Crippen molar-refractivity contribution in [3.63, 3.8) is 0 Å². The molecule has 2 aromatic rings. The van der Waals surface area contributed by atoms with Gasteiger partial charge in [-0.1, -0.05) is 29.8 Å². The van der Waals surface area contributed by atoms with Crippen LogP contribution in [0.1, 0.15) is 57.4 Å². The van der Waals surface area contributed by atoms with Crippen LogP contribution in [0.3, 0.4) is 0 Å². The third-order valence-corrected chi connectivity index (χ3v) is 9.96. The van der Waals surface area contributed by atoms with Crippen molar-refractivity contribution in [1.82, 2.24) is 20.1 Å². The highest BCUT2D eigenvalue weighted by atomic mass is 35.5. The normalized spacial score (nSPS) is 25.8. The lowest BCUT2D eigenvalue weighted by Crippen LogP contribution is -2.62. The molecule has 8 nitrogen and oxygen atoms in total. The number of fused-ring (bicyclic) bond motifs is 1. The van der Waals surface area contributed by atoms with Crippen molar-refractivity contribution < 1.29 is 13.2 Å². The number of sulfonamides is 1. The second-order valence-corrected chi connectivity index (χ2v) is 12.8. The van der Waals surface area contributed by atoms with Crippen LogP contribution in [0.5, 0.6) is 0 Å². The van der Waals surface area contributed by atoms with E-state index in [0.29, 0.717) is 19.1 Å². The summed E-state index contributed by atoms with van der Waals surface area (Å²) in [5.74, 6) is 0.277. The second kappa shape index (κ2) is 10.9. The maximum absolute atomic E-state index is 13.7. The first-order valence-electron chi connectivity index (χ1n) is 13.2. The van der Waals surface area contributed by atoms with Crippen molar-refractivity contribution in [2.45, 2.75) is 74.9 Å². The van der Waals surface area contributed by atoms with Crippen LogP contribution in [-0.2, 0) is 14.8 Å².